The van der Waals surface area contributed by atoms with Crippen molar-refractivity contribution in [3.05, 3.63) is 27.7 Å². The fourth-order valence-corrected chi connectivity index (χ4v) is 1.68. The molecule has 0 unspecified atom stereocenters. The van der Waals surface area contributed by atoms with Crippen molar-refractivity contribution in [1.82, 2.24) is 0 Å². The third kappa shape index (κ3) is 3.50. The molecule has 0 aliphatic rings. The molecule has 0 fully saturated rings. The molecule has 1 aromatic rings. The lowest BCUT2D eigenvalue weighted by molar-refractivity contribution is -0.123. The van der Waals surface area contributed by atoms with Gasteiger partial charge in [-0.25, -0.2) is 0 Å². The molecule has 4 heteroatoms. The van der Waals surface area contributed by atoms with Crippen LogP contribution in [-0.2, 0) is 4.79 Å². The summed E-state index contributed by atoms with van der Waals surface area (Å²) in [5, 5.41) is 3.47. The van der Waals surface area contributed by atoms with Crippen LogP contribution in [0.4, 0.5) is 5.69 Å². The van der Waals surface area contributed by atoms with Crippen LogP contribution in [0, 0.1) is 5.41 Å². The number of anilines is 1. The van der Waals surface area contributed by atoms with Crippen molar-refractivity contribution >= 4 is 39.1 Å². The quantitative estimate of drug-likeness (QED) is 0.829. The van der Waals surface area contributed by atoms with Gasteiger partial charge in [0.1, 0.15) is 0 Å². The summed E-state index contributed by atoms with van der Waals surface area (Å²) in [5.74, 6) is -0.0227. The number of carbonyl (C=O) groups excluding carboxylic acids is 1. The number of rotatable bonds is 1. The molecule has 1 rings (SSSR count). The Balaban J connectivity index is 2.87. The molecule has 1 amide bonds. The van der Waals surface area contributed by atoms with E-state index in [1.807, 2.05) is 20.8 Å². The van der Waals surface area contributed by atoms with E-state index in [9.17, 15) is 4.79 Å². The van der Waals surface area contributed by atoms with Gasteiger partial charge >= 0.3 is 0 Å². The zero-order chi connectivity index (χ0) is 11.6. The van der Waals surface area contributed by atoms with Crippen molar-refractivity contribution in [2.24, 2.45) is 5.41 Å². The molecule has 0 saturated carbocycles. The lowest BCUT2D eigenvalue weighted by Gasteiger charge is -2.18. The normalized spacial score (nSPS) is 11.3. The molecule has 0 saturated heterocycles. The fourth-order valence-electron chi connectivity index (χ4n) is 0.901. The van der Waals surface area contributed by atoms with Crippen molar-refractivity contribution in [3.63, 3.8) is 0 Å². The van der Waals surface area contributed by atoms with Gasteiger partial charge in [-0.05, 0) is 34.1 Å². The average molecular weight is 291 g/mol. The van der Waals surface area contributed by atoms with Crippen molar-refractivity contribution in [2.75, 3.05) is 5.32 Å². The Morgan fingerprint density at radius 2 is 2.00 bits per heavy atom. The maximum atomic E-state index is 11.7. The summed E-state index contributed by atoms with van der Waals surface area (Å²) in [6.07, 6.45) is 0. The first kappa shape index (κ1) is 12.5. The molecule has 0 heterocycles. The van der Waals surface area contributed by atoms with E-state index in [1.165, 1.54) is 0 Å². The molecule has 1 aromatic carbocycles. The van der Waals surface area contributed by atoms with Crippen molar-refractivity contribution in [2.45, 2.75) is 20.8 Å². The van der Waals surface area contributed by atoms with Gasteiger partial charge in [-0.1, -0.05) is 32.4 Å². The highest BCUT2D eigenvalue weighted by Crippen LogP contribution is 2.27. The second-order valence-corrected chi connectivity index (χ2v) is 5.62. The summed E-state index contributed by atoms with van der Waals surface area (Å²) in [6, 6.07) is 5.26. The van der Waals surface area contributed by atoms with Crippen LogP contribution in [0.3, 0.4) is 0 Å². The van der Waals surface area contributed by atoms with Crippen LogP contribution in [0.2, 0.25) is 5.02 Å². The van der Waals surface area contributed by atoms with E-state index in [1.54, 1.807) is 18.2 Å². The molecule has 0 aliphatic carbocycles. The van der Waals surface area contributed by atoms with E-state index in [0.717, 1.165) is 10.2 Å². The van der Waals surface area contributed by atoms with Crippen LogP contribution in [0.5, 0.6) is 0 Å². The first-order valence-corrected chi connectivity index (χ1v) is 5.74. The Kier molecular flexibility index (Phi) is 3.79. The third-order valence-corrected chi connectivity index (χ3v) is 2.75. The average Bonchev–Trinajstić information content (AvgIpc) is 2.08. The molecule has 1 N–H and O–H groups in total. The topological polar surface area (TPSA) is 29.1 Å². The van der Waals surface area contributed by atoms with Gasteiger partial charge in [-0.15, -0.1) is 0 Å². The lowest BCUT2D eigenvalue weighted by Crippen LogP contribution is -2.27. The number of hydrogen-bond acceptors (Lipinski definition) is 1. The van der Waals surface area contributed by atoms with Gasteiger partial charge in [0.15, 0.2) is 0 Å². The minimum Gasteiger partial charge on any atom is -0.325 e. The molecule has 0 aromatic heterocycles. The van der Waals surface area contributed by atoms with Gasteiger partial charge < -0.3 is 5.32 Å². The molecular weight excluding hydrogens is 277 g/mol. The molecule has 2 nitrogen and oxygen atoms in total. The van der Waals surface area contributed by atoms with Crippen molar-refractivity contribution in [3.8, 4) is 0 Å². The number of hydrogen-bond donors (Lipinski definition) is 1. The van der Waals surface area contributed by atoms with E-state index < -0.39 is 5.41 Å². The van der Waals surface area contributed by atoms with E-state index in [-0.39, 0.29) is 5.91 Å². The van der Waals surface area contributed by atoms with Crippen molar-refractivity contribution < 1.29 is 4.79 Å². The monoisotopic (exact) mass is 289 g/mol. The predicted molar refractivity (Wildman–Crippen MR) is 67.2 cm³/mol. The fraction of sp³-hybridized carbons (Fsp3) is 0.364. The molecule has 15 heavy (non-hydrogen) atoms. The van der Waals surface area contributed by atoms with Gasteiger partial charge in [0, 0.05) is 14.9 Å². The molecule has 0 aliphatic heterocycles. The minimum absolute atomic E-state index is 0.0227. The van der Waals surface area contributed by atoms with E-state index in [4.69, 9.17) is 11.6 Å². The van der Waals surface area contributed by atoms with Crippen LogP contribution in [0.25, 0.3) is 0 Å². The third-order valence-electron chi connectivity index (χ3n) is 1.86. The number of nitrogens with one attached hydrogen (secondary N) is 1. The van der Waals surface area contributed by atoms with E-state index in [2.05, 4.69) is 21.2 Å². The van der Waals surface area contributed by atoms with Crippen LogP contribution in [0.15, 0.2) is 22.7 Å². The van der Waals surface area contributed by atoms with Crippen molar-refractivity contribution in [1.29, 1.82) is 0 Å². The maximum absolute atomic E-state index is 11.7. The minimum atomic E-state index is -0.404. The van der Waals surface area contributed by atoms with Gasteiger partial charge in [0.2, 0.25) is 5.91 Å². The zero-order valence-corrected chi connectivity index (χ0v) is 11.2. The molecule has 0 spiro atoms. The summed E-state index contributed by atoms with van der Waals surface area (Å²) in [6.45, 7) is 5.60. The SMILES string of the molecule is CC(C)(C)C(=O)Nc1ccc(Cl)cc1Br. The Morgan fingerprint density at radius 3 is 2.47 bits per heavy atom. The number of benzene rings is 1. The predicted octanol–water partition coefficient (Wildman–Crippen LogP) is 4.09. The highest BCUT2D eigenvalue weighted by atomic mass is 79.9. The summed E-state index contributed by atoms with van der Waals surface area (Å²) in [7, 11) is 0. The molecule has 0 bridgehead atoms. The van der Waals surface area contributed by atoms with Gasteiger partial charge in [-0.2, -0.15) is 0 Å². The van der Waals surface area contributed by atoms with Crippen LogP contribution >= 0.6 is 27.5 Å². The number of halogens is 2. The highest BCUT2D eigenvalue weighted by molar-refractivity contribution is 9.10. The zero-order valence-electron chi connectivity index (χ0n) is 8.90. The second-order valence-electron chi connectivity index (χ2n) is 4.33. The van der Waals surface area contributed by atoms with Crippen LogP contribution in [0.1, 0.15) is 20.8 Å². The lowest BCUT2D eigenvalue weighted by atomic mass is 9.95. The summed E-state index contributed by atoms with van der Waals surface area (Å²) < 4.78 is 0.785. The molecule has 0 radical (unpaired) electrons. The first-order chi connectivity index (χ1) is 6.80. The Labute approximate surface area is 103 Å². The van der Waals surface area contributed by atoms with Gasteiger partial charge in [0.05, 0.1) is 5.69 Å². The summed E-state index contributed by atoms with van der Waals surface area (Å²) in [5.41, 5.74) is 0.332. The summed E-state index contributed by atoms with van der Waals surface area (Å²) in [4.78, 5) is 11.7. The van der Waals surface area contributed by atoms with Gasteiger partial charge in [0.25, 0.3) is 0 Å². The second kappa shape index (κ2) is 4.54. The maximum Gasteiger partial charge on any atom is 0.229 e. The highest BCUT2D eigenvalue weighted by Gasteiger charge is 2.21. The smallest absolute Gasteiger partial charge is 0.229 e. The number of carbonyl (C=O) groups is 1. The van der Waals surface area contributed by atoms with E-state index in [0.29, 0.717) is 5.02 Å². The molecular formula is C11H13BrClNO. The Hall–Kier alpha value is -0.540. The van der Waals surface area contributed by atoms with Crippen LogP contribution < -0.4 is 5.32 Å². The number of amides is 1. The Morgan fingerprint density at radius 1 is 1.40 bits per heavy atom. The van der Waals surface area contributed by atoms with Gasteiger partial charge in [-0.3, -0.25) is 4.79 Å². The molecule has 0 atom stereocenters. The first-order valence-electron chi connectivity index (χ1n) is 4.57. The Bertz CT molecular complexity index is 385. The standard InChI is InChI=1S/C11H13BrClNO/c1-11(2,3)10(15)14-9-5-4-7(13)6-8(9)12/h4-6H,1-3H3,(H,14,15). The van der Waals surface area contributed by atoms with E-state index >= 15 is 0 Å². The molecule has 82 valence electrons. The largest absolute Gasteiger partial charge is 0.325 e. The summed E-state index contributed by atoms with van der Waals surface area (Å²) >= 11 is 9.14. The van der Waals surface area contributed by atoms with Crippen LogP contribution in [-0.4, -0.2) is 5.91 Å².